The van der Waals surface area contributed by atoms with Crippen molar-refractivity contribution in [1.82, 2.24) is 0 Å². The molecule has 2 heterocycles. The van der Waals surface area contributed by atoms with Gasteiger partial charge in [0, 0.05) is 17.8 Å². The molecule has 1 aliphatic heterocycles. The Balaban J connectivity index is 1.66. The SMILES string of the molecule is O=C(Nc1ccc2c(c1)N(S(=O)(=O)c1cccs1)CCC2)c1cccc(F)c1. The van der Waals surface area contributed by atoms with Crippen LogP contribution in [0.15, 0.2) is 64.2 Å². The van der Waals surface area contributed by atoms with Crippen molar-refractivity contribution in [3.05, 3.63) is 76.9 Å². The Morgan fingerprint density at radius 1 is 1.11 bits per heavy atom. The number of nitrogens with zero attached hydrogens (tertiary/aromatic N) is 1. The third-order valence-corrected chi connectivity index (χ3v) is 7.73. The molecule has 0 spiro atoms. The maximum Gasteiger partial charge on any atom is 0.273 e. The van der Waals surface area contributed by atoms with Crippen LogP contribution in [0, 0.1) is 5.82 Å². The molecule has 5 nitrogen and oxygen atoms in total. The molecule has 3 aromatic rings. The van der Waals surface area contributed by atoms with E-state index in [9.17, 15) is 17.6 Å². The Morgan fingerprint density at radius 3 is 2.71 bits per heavy atom. The number of rotatable bonds is 4. The van der Waals surface area contributed by atoms with Crippen molar-refractivity contribution >= 4 is 38.6 Å². The van der Waals surface area contributed by atoms with Gasteiger partial charge in [0.05, 0.1) is 5.69 Å². The molecule has 0 radical (unpaired) electrons. The number of aryl methyl sites for hydroxylation is 1. The summed E-state index contributed by atoms with van der Waals surface area (Å²) < 4.78 is 41.1. The second-order valence-electron chi connectivity index (χ2n) is 6.42. The molecular weight excluding hydrogens is 399 g/mol. The minimum absolute atomic E-state index is 0.195. The number of carbonyl (C=O) groups is 1. The fraction of sp³-hybridized carbons (Fsp3) is 0.150. The second-order valence-corrected chi connectivity index (χ2v) is 9.46. The molecule has 0 aliphatic carbocycles. The number of anilines is 2. The highest BCUT2D eigenvalue weighted by atomic mass is 32.2. The van der Waals surface area contributed by atoms with Gasteiger partial charge in [0.1, 0.15) is 10.0 Å². The molecule has 1 aliphatic rings. The van der Waals surface area contributed by atoms with Gasteiger partial charge in [-0.25, -0.2) is 12.8 Å². The van der Waals surface area contributed by atoms with E-state index in [-0.39, 0.29) is 9.77 Å². The predicted molar refractivity (Wildman–Crippen MR) is 108 cm³/mol. The minimum Gasteiger partial charge on any atom is -0.322 e. The molecule has 8 heteroatoms. The number of hydrogen-bond acceptors (Lipinski definition) is 4. The van der Waals surface area contributed by atoms with Gasteiger partial charge in [-0.1, -0.05) is 18.2 Å². The summed E-state index contributed by atoms with van der Waals surface area (Å²) in [6, 6.07) is 13.9. The molecule has 144 valence electrons. The molecule has 0 atom stereocenters. The lowest BCUT2D eigenvalue weighted by atomic mass is 10.0. The topological polar surface area (TPSA) is 66.5 Å². The first-order valence-electron chi connectivity index (χ1n) is 8.71. The van der Waals surface area contributed by atoms with E-state index in [1.807, 2.05) is 6.07 Å². The van der Waals surface area contributed by atoms with Crippen molar-refractivity contribution in [1.29, 1.82) is 0 Å². The van der Waals surface area contributed by atoms with Gasteiger partial charge in [0.2, 0.25) is 0 Å². The van der Waals surface area contributed by atoms with E-state index in [1.54, 1.807) is 29.6 Å². The number of benzene rings is 2. The van der Waals surface area contributed by atoms with Crippen molar-refractivity contribution < 1.29 is 17.6 Å². The van der Waals surface area contributed by atoms with Crippen molar-refractivity contribution in [2.45, 2.75) is 17.1 Å². The largest absolute Gasteiger partial charge is 0.322 e. The molecule has 0 saturated heterocycles. The van der Waals surface area contributed by atoms with E-state index in [0.717, 1.165) is 24.5 Å². The first kappa shape index (κ1) is 18.6. The van der Waals surface area contributed by atoms with E-state index in [0.29, 0.717) is 17.9 Å². The number of halogens is 1. The van der Waals surface area contributed by atoms with Crippen molar-refractivity contribution in [2.75, 3.05) is 16.2 Å². The summed E-state index contributed by atoms with van der Waals surface area (Å²) in [5.74, 6) is -0.950. The van der Waals surface area contributed by atoms with Gasteiger partial charge in [-0.05, 0) is 60.2 Å². The van der Waals surface area contributed by atoms with Crippen LogP contribution in [0.3, 0.4) is 0 Å². The molecular formula is C20H17FN2O3S2. The summed E-state index contributed by atoms with van der Waals surface area (Å²) >= 11 is 1.18. The summed E-state index contributed by atoms with van der Waals surface area (Å²) in [6.45, 7) is 0.383. The number of thiophene rings is 1. The number of amides is 1. The maximum atomic E-state index is 13.4. The summed E-state index contributed by atoms with van der Waals surface area (Å²) in [5, 5.41) is 4.45. The zero-order valence-electron chi connectivity index (χ0n) is 14.8. The average Bonchev–Trinajstić information content (AvgIpc) is 3.23. The van der Waals surface area contributed by atoms with Crippen LogP contribution >= 0.6 is 11.3 Å². The monoisotopic (exact) mass is 416 g/mol. The highest BCUT2D eigenvalue weighted by molar-refractivity contribution is 7.94. The zero-order valence-corrected chi connectivity index (χ0v) is 16.4. The highest BCUT2D eigenvalue weighted by Crippen LogP contribution is 2.35. The number of hydrogen-bond donors (Lipinski definition) is 1. The summed E-state index contributed by atoms with van der Waals surface area (Å²) in [7, 11) is -3.65. The third kappa shape index (κ3) is 3.53. The Hall–Kier alpha value is -2.71. The number of nitrogens with one attached hydrogen (secondary N) is 1. The molecule has 2 aromatic carbocycles. The van der Waals surface area contributed by atoms with Gasteiger partial charge in [0.25, 0.3) is 15.9 Å². The lowest BCUT2D eigenvalue weighted by molar-refractivity contribution is 0.102. The molecule has 1 aromatic heterocycles. The fourth-order valence-electron chi connectivity index (χ4n) is 3.22. The van der Waals surface area contributed by atoms with E-state index in [2.05, 4.69) is 5.32 Å². The van der Waals surface area contributed by atoms with Crippen LogP contribution in [0.5, 0.6) is 0 Å². The summed E-state index contributed by atoms with van der Waals surface area (Å²) in [6.07, 6.45) is 1.50. The van der Waals surface area contributed by atoms with Gasteiger partial charge in [-0.3, -0.25) is 9.10 Å². The number of carbonyl (C=O) groups excluding carboxylic acids is 1. The number of sulfonamides is 1. The van der Waals surface area contributed by atoms with Gasteiger partial charge >= 0.3 is 0 Å². The van der Waals surface area contributed by atoms with E-state index < -0.39 is 21.7 Å². The van der Waals surface area contributed by atoms with E-state index in [4.69, 9.17) is 0 Å². The average molecular weight is 416 g/mol. The molecule has 1 amide bonds. The summed E-state index contributed by atoms with van der Waals surface area (Å²) in [5.41, 5.74) is 2.13. The lowest BCUT2D eigenvalue weighted by Crippen LogP contribution is -2.35. The van der Waals surface area contributed by atoms with Crippen molar-refractivity contribution in [2.24, 2.45) is 0 Å². The molecule has 1 N–H and O–H groups in total. The smallest absolute Gasteiger partial charge is 0.273 e. The fourth-order valence-corrected chi connectivity index (χ4v) is 5.86. The molecule has 0 saturated carbocycles. The number of fused-ring (bicyclic) bond motifs is 1. The van der Waals surface area contributed by atoms with Crippen LogP contribution in [-0.4, -0.2) is 20.9 Å². The van der Waals surface area contributed by atoms with Crippen LogP contribution in [0.1, 0.15) is 22.3 Å². The Bertz CT molecular complexity index is 1130. The van der Waals surface area contributed by atoms with Gasteiger partial charge in [0.15, 0.2) is 0 Å². The lowest BCUT2D eigenvalue weighted by Gasteiger charge is -2.30. The maximum absolute atomic E-state index is 13.4. The molecule has 28 heavy (non-hydrogen) atoms. The quantitative estimate of drug-likeness (QED) is 0.690. The molecule has 0 bridgehead atoms. The second kappa shape index (κ2) is 7.37. The van der Waals surface area contributed by atoms with Gasteiger partial charge < -0.3 is 5.32 Å². The van der Waals surface area contributed by atoms with Crippen LogP contribution in [0.4, 0.5) is 15.8 Å². The predicted octanol–water partition coefficient (Wildman–Crippen LogP) is 4.28. The van der Waals surface area contributed by atoms with E-state index in [1.165, 1.54) is 33.8 Å². The van der Waals surface area contributed by atoms with Crippen molar-refractivity contribution in [3.8, 4) is 0 Å². The van der Waals surface area contributed by atoms with Gasteiger partial charge in [-0.2, -0.15) is 0 Å². The molecule has 0 fully saturated rings. The minimum atomic E-state index is -3.65. The zero-order chi connectivity index (χ0) is 19.7. The Morgan fingerprint density at radius 2 is 1.96 bits per heavy atom. The van der Waals surface area contributed by atoms with E-state index >= 15 is 0 Å². The highest BCUT2D eigenvalue weighted by Gasteiger charge is 2.30. The Kier molecular flexibility index (Phi) is 4.91. The van der Waals surface area contributed by atoms with Crippen LogP contribution < -0.4 is 9.62 Å². The Labute approximate surface area is 166 Å². The molecule has 0 unspecified atom stereocenters. The van der Waals surface area contributed by atoms with Gasteiger partial charge in [-0.15, -0.1) is 11.3 Å². The summed E-state index contributed by atoms with van der Waals surface area (Å²) in [4.78, 5) is 12.4. The van der Waals surface area contributed by atoms with Crippen molar-refractivity contribution in [3.63, 3.8) is 0 Å². The first-order chi connectivity index (χ1) is 13.4. The van der Waals surface area contributed by atoms with Crippen LogP contribution in [-0.2, 0) is 16.4 Å². The third-order valence-electron chi connectivity index (χ3n) is 4.55. The molecule has 4 rings (SSSR count). The normalized spacial score (nSPS) is 13.8. The van der Waals surface area contributed by atoms with Crippen LogP contribution in [0.2, 0.25) is 0 Å². The first-order valence-corrected chi connectivity index (χ1v) is 11.0. The standard InChI is InChI=1S/C20H17FN2O3S2/c21-16-6-1-4-15(12-16)20(24)22-17-9-8-14-5-2-10-23(18(14)13-17)28(25,26)19-7-3-11-27-19/h1,3-4,6-9,11-13H,2,5,10H2,(H,22,24). The van der Waals surface area contributed by atoms with Crippen LogP contribution in [0.25, 0.3) is 0 Å².